The summed E-state index contributed by atoms with van der Waals surface area (Å²) in [6, 6.07) is 4.84. The topological polar surface area (TPSA) is 109 Å². The minimum absolute atomic E-state index is 0.267. The summed E-state index contributed by atoms with van der Waals surface area (Å²) in [6.45, 7) is 1.88. The second-order valence-corrected chi connectivity index (χ2v) is 4.40. The Morgan fingerprint density at radius 1 is 1.56 bits per heavy atom. The van der Waals surface area contributed by atoms with Crippen molar-refractivity contribution < 1.29 is 14.3 Å². The normalized spacial score (nSPS) is 14.6. The Labute approximate surface area is 102 Å². The highest BCUT2D eigenvalue weighted by Gasteiger charge is 2.34. The number of fused-ring (bicyclic) bond motifs is 1. The van der Waals surface area contributed by atoms with E-state index < -0.39 is 17.1 Å². The molecule has 0 aliphatic heterocycles. The number of aromatic amines is 1. The largest absolute Gasteiger partial charge is 0.481 e. The number of nitrogens with one attached hydrogen (secondary N) is 1. The number of benzene rings is 1. The number of H-pyrrole nitrogens is 1. The summed E-state index contributed by atoms with van der Waals surface area (Å²) in [5.74, 6) is -1.50. The third kappa shape index (κ3) is 1.91. The van der Waals surface area contributed by atoms with Crippen LogP contribution in [0.15, 0.2) is 27.4 Å². The van der Waals surface area contributed by atoms with E-state index in [0.29, 0.717) is 23.1 Å². The maximum absolute atomic E-state index is 11.4. The maximum Gasteiger partial charge on any atom is 0.417 e. The number of hydrogen-bond acceptors (Lipinski definition) is 4. The monoisotopic (exact) mass is 250 g/mol. The Morgan fingerprint density at radius 2 is 2.28 bits per heavy atom. The Hall–Kier alpha value is -2.08. The minimum Gasteiger partial charge on any atom is -0.481 e. The zero-order valence-corrected chi connectivity index (χ0v) is 9.90. The Balaban J connectivity index is 2.57. The van der Waals surface area contributed by atoms with E-state index in [4.69, 9.17) is 10.2 Å². The van der Waals surface area contributed by atoms with Crippen LogP contribution in [0.1, 0.15) is 18.9 Å². The van der Waals surface area contributed by atoms with Gasteiger partial charge in [-0.3, -0.25) is 9.78 Å². The first-order chi connectivity index (χ1) is 8.47. The van der Waals surface area contributed by atoms with Gasteiger partial charge in [0, 0.05) is 0 Å². The lowest BCUT2D eigenvalue weighted by Crippen LogP contribution is -2.34. The van der Waals surface area contributed by atoms with E-state index in [1.165, 1.54) is 0 Å². The molecule has 1 unspecified atom stereocenters. The van der Waals surface area contributed by atoms with Gasteiger partial charge in [-0.15, -0.1) is 0 Å². The van der Waals surface area contributed by atoms with Crippen molar-refractivity contribution in [3.05, 3.63) is 34.3 Å². The standard InChI is InChI=1S/C12H14N2O4/c1-12(4-5-13,10(15)16)7-2-3-9-8(6-7)14-11(17)18-9/h2-3,6H,4-5,13H2,1H3,(H,14,17)(H,15,16). The molecule has 0 radical (unpaired) electrons. The molecule has 6 nitrogen and oxygen atoms in total. The zero-order chi connectivity index (χ0) is 13.3. The molecule has 6 heteroatoms. The first-order valence-electron chi connectivity index (χ1n) is 5.54. The fourth-order valence-electron chi connectivity index (χ4n) is 1.96. The number of nitrogens with two attached hydrogens (primary N) is 1. The molecule has 96 valence electrons. The van der Waals surface area contributed by atoms with E-state index in [2.05, 4.69) is 4.98 Å². The van der Waals surface area contributed by atoms with Gasteiger partial charge in [0.2, 0.25) is 0 Å². The number of carboxylic acid groups (broad SMARTS) is 1. The Bertz CT molecular complexity index is 643. The van der Waals surface area contributed by atoms with Crippen LogP contribution in [-0.4, -0.2) is 22.6 Å². The van der Waals surface area contributed by atoms with Gasteiger partial charge in [0.15, 0.2) is 5.58 Å². The average molecular weight is 250 g/mol. The second-order valence-electron chi connectivity index (χ2n) is 4.40. The maximum atomic E-state index is 11.4. The van der Waals surface area contributed by atoms with Crippen LogP contribution in [0, 0.1) is 0 Å². The molecule has 0 saturated heterocycles. The number of hydrogen-bond donors (Lipinski definition) is 3. The summed E-state index contributed by atoms with van der Waals surface area (Å²) < 4.78 is 4.87. The van der Waals surface area contributed by atoms with Crippen LogP contribution in [0.25, 0.3) is 11.1 Å². The van der Waals surface area contributed by atoms with Crippen molar-refractivity contribution in [3.8, 4) is 0 Å². The van der Waals surface area contributed by atoms with Gasteiger partial charge in [-0.25, -0.2) is 4.79 Å². The van der Waals surface area contributed by atoms with E-state index in [-0.39, 0.29) is 6.54 Å². The van der Waals surface area contributed by atoms with Crippen molar-refractivity contribution in [2.45, 2.75) is 18.8 Å². The molecule has 2 aromatic rings. The lowest BCUT2D eigenvalue weighted by Gasteiger charge is -2.24. The number of aromatic nitrogens is 1. The third-order valence-electron chi connectivity index (χ3n) is 3.17. The summed E-state index contributed by atoms with van der Waals surface area (Å²) in [4.78, 5) is 25.0. The fraction of sp³-hybridized carbons (Fsp3) is 0.333. The molecule has 1 aromatic heterocycles. The molecule has 0 bridgehead atoms. The molecule has 0 spiro atoms. The molecule has 0 amide bonds. The van der Waals surface area contributed by atoms with Gasteiger partial charge in [-0.1, -0.05) is 6.07 Å². The lowest BCUT2D eigenvalue weighted by atomic mass is 9.79. The molecular weight excluding hydrogens is 236 g/mol. The lowest BCUT2D eigenvalue weighted by molar-refractivity contribution is -0.143. The third-order valence-corrected chi connectivity index (χ3v) is 3.17. The van der Waals surface area contributed by atoms with Crippen molar-refractivity contribution in [1.82, 2.24) is 4.98 Å². The number of rotatable bonds is 4. The van der Waals surface area contributed by atoms with Crippen LogP contribution in [0.4, 0.5) is 0 Å². The fourth-order valence-corrected chi connectivity index (χ4v) is 1.96. The summed E-state index contributed by atoms with van der Waals surface area (Å²) >= 11 is 0. The van der Waals surface area contributed by atoms with Crippen LogP contribution in [0.3, 0.4) is 0 Å². The Kier molecular flexibility index (Phi) is 2.96. The van der Waals surface area contributed by atoms with Crippen LogP contribution in [0.2, 0.25) is 0 Å². The highest BCUT2D eigenvalue weighted by Crippen LogP contribution is 2.29. The van der Waals surface area contributed by atoms with Gasteiger partial charge in [-0.05, 0) is 37.6 Å². The van der Waals surface area contributed by atoms with Crippen molar-refractivity contribution in [1.29, 1.82) is 0 Å². The first-order valence-corrected chi connectivity index (χ1v) is 5.54. The minimum atomic E-state index is -1.07. The molecule has 2 rings (SSSR count). The van der Waals surface area contributed by atoms with Gasteiger partial charge < -0.3 is 15.3 Å². The Morgan fingerprint density at radius 3 is 2.89 bits per heavy atom. The first kappa shape index (κ1) is 12.4. The second kappa shape index (κ2) is 4.30. The van der Waals surface area contributed by atoms with Crippen LogP contribution >= 0.6 is 0 Å². The van der Waals surface area contributed by atoms with Crippen LogP contribution in [0.5, 0.6) is 0 Å². The molecular formula is C12H14N2O4. The van der Waals surface area contributed by atoms with Crippen molar-refractivity contribution in [2.24, 2.45) is 5.73 Å². The van der Waals surface area contributed by atoms with E-state index in [1.54, 1.807) is 25.1 Å². The quantitative estimate of drug-likeness (QED) is 0.744. The smallest absolute Gasteiger partial charge is 0.417 e. The summed E-state index contributed by atoms with van der Waals surface area (Å²) in [7, 11) is 0. The number of carboxylic acids is 1. The van der Waals surface area contributed by atoms with Gasteiger partial charge in [0.25, 0.3) is 0 Å². The van der Waals surface area contributed by atoms with Crippen LogP contribution in [-0.2, 0) is 10.2 Å². The molecule has 0 saturated carbocycles. The molecule has 1 heterocycles. The molecule has 1 atom stereocenters. The van der Waals surface area contributed by atoms with E-state index >= 15 is 0 Å². The van der Waals surface area contributed by atoms with Crippen molar-refractivity contribution >= 4 is 17.1 Å². The highest BCUT2D eigenvalue weighted by atomic mass is 16.4. The summed E-state index contributed by atoms with van der Waals surface area (Å²) in [6.07, 6.45) is 0.315. The molecule has 0 fully saturated rings. The van der Waals surface area contributed by atoms with Crippen molar-refractivity contribution in [2.75, 3.05) is 6.54 Å². The number of carbonyl (C=O) groups is 1. The van der Waals surface area contributed by atoms with E-state index in [9.17, 15) is 14.7 Å². The SMILES string of the molecule is CC(CCN)(C(=O)O)c1ccc2oc(=O)[nH]c2c1. The molecule has 18 heavy (non-hydrogen) atoms. The van der Waals surface area contributed by atoms with Gasteiger partial charge >= 0.3 is 11.7 Å². The van der Waals surface area contributed by atoms with E-state index in [1.807, 2.05) is 0 Å². The number of oxazole rings is 1. The summed E-state index contributed by atoms with van der Waals surface area (Å²) in [5.41, 5.74) is 5.88. The molecule has 1 aromatic carbocycles. The number of aliphatic carboxylic acids is 1. The molecule has 4 N–H and O–H groups in total. The van der Waals surface area contributed by atoms with Crippen LogP contribution < -0.4 is 11.5 Å². The summed E-state index contributed by atoms with van der Waals surface area (Å²) in [5, 5.41) is 9.34. The molecule has 0 aliphatic carbocycles. The average Bonchev–Trinajstić information content (AvgIpc) is 2.67. The van der Waals surface area contributed by atoms with Gasteiger partial charge in [0.1, 0.15) is 0 Å². The van der Waals surface area contributed by atoms with E-state index in [0.717, 1.165) is 0 Å². The molecule has 0 aliphatic rings. The predicted molar refractivity (Wildman–Crippen MR) is 65.5 cm³/mol. The zero-order valence-electron chi connectivity index (χ0n) is 9.90. The highest BCUT2D eigenvalue weighted by molar-refractivity contribution is 5.83. The van der Waals surface area contributed by atoms with Crippen molar-refractivity contribution in [3.63, 3.8) is 0 Å². The predicted octanol–water partition coefficient (Wildman–Crippen LogP) is 0.812. The van der Waals surface area contributed by atoms with Gasteiger partial charge in [0.05, 0.1) is 10.9 Å². The van der Waals surface area contributed by atoms with Gasteiger partial charge in [-0.2, -0.15) is 0 Å².